The number of hydrogen-bond donors (Lipinski definition) is 2. The molecule has 0 aliphatic carbocycles. The number of amides is 2. The SMILES string of the molecule is O=CN1CCNCC1C(=O)Nc1cccc(C(F)(F)F)n1. The molecule has 2 amide bonds. The molecule has 1 atom stereocenters. The van der Waals surface area contributed by atoms with Crippen LogP contribution in [0.4, 0.5) is 19.0 Å². The van der Waals surface area contributed by atoms with Gasteiger partial charge in [0.1, 0.15) is 17.6 Å². The number of hydrogen-bond acceptors (Lipinski definition) is 4. The molecule has 2 N–H and O–H groups in total. The van der Waals surface area contributed by atoms with Crippen molar-refractivity contribution in [2.24, 2.45) is 0 Å². The molecule has 0 saturated carbocycles. The number of pyridine rings is 1. The largest absolute Gasteiger partial charge is 0.433 e. The van der Waals surface area contributed by atoms with Gasteiger partial charge in [0.15, 0.2) is 0 Å². The Labute approximate surface area is 118 Å². The quantitative estimate of drug-likeness (QED) is 0.796. The summed E-state index contributed by atoms with van der Waals surface area (Å²) < 4.78 is 37.6. The maximum Gasteiger partial charge on any atom is 0.433 e. The van der Waals surface area contributed by atoms with Crippen molar-refractivity contribution < 1.29 is 22.8 Å². The Bertz CT molecular complexity index is 535. The van der Waals surface area contributed by atoms with Crippen LogP contribution in [0.15, 0.2) is 18.2 Å². The van der Waals surface area contributed by atoms with Gasteiger partial charge in [0.2, 0.25) is 12.3 Å². The van der Waals surface area contributed by atoms with Crippen molar-refractivity contribution in [2.45, 2.75) is 12.2 Å². The number of rotatable bonds is 3. The molecule has 2 rings (SSSR count). The van der Waals surface area contributed by atoms with Gasteiger partial charge in [-0.2, -0.15) is 13.2 Å². The van der Waals surface area contributed by atoms with Gasteiger partial charge < -0.3 is 15.5 Å². The number of alkyl halides is 3. The van der Waals surface area contributed by atoms with Crippen molar-refractivity contribution in [3.63, 3.8) is 0 Å². The predicted molar refractivity (Wildman–Crippen MR) is 67.3 cm³/mol. The Balaban J connectivity index is 2.10. The smallest absolute Gasteiger partial charge is 0.331 e. The second-order valence-electron chi connectivity index (χ2n) is 4.46. The number of carbonyl (C=O) groups is 2. The van der Waals surface area contributed by atoms with Crippen LogP contribution >= 0.6 is 0 Å². The average Bonchev–Trinajstić information content (AvgIpc) is 2.46. The number of aromatic nitrogens is 1. The highest BCUT2D eigenvalue weighted by Gasteiger charge is 2.33. The molecule has 1 aliphatic heterocycles. The van der Waals surface area contributed by atoms with E-state index < -0.39 is 23.8 Å². The standard InChI is InChI=1S/C12H13F3N4O2/c13-12(14,15)9-2-1-3-10(17-9)18-11(21)8-6-16-4-5-19(8)7-20/h1-3,7-8,16H,4-6H2,(H,17,18,21). The molecule has 1 fully saturated rings. The maximum atomic E-state index is 12.5. The summed E-state index contributed by atoms with van der Waals surface area (Å²) in [7, 11) is 0. The van der Waals surface area contributed by atoms with Crippen LogP contribution in [0.25, 0.3) is 0 Å². The van der Waals surface area contributed by atoms with Crippen LogP contribution in [0.5, 0.6) is 0 Å². The van der Waals surface area contributed by atoms with Crippen LogP contribution in [0.2, 0.25) is 0 Å². The second kappa shape index (κ2) is 6.08. The minimum Gasteiger partial charge on any atom is -0.331 e. The third-order valence-electron chi connectivity index (χ3n) is 3.01. The minimum atomic E-state index is -4.58. The van der Waals surface area contributed by atoms with Crippen molar-refractivity contribution in [3.05, 3.63) is 23.9 Å². The van der Waals surface area contributed by atoms with Gasteiger partial charge in [0.25, 0.3) is 0 Å². The lowest BCUT2D eigenvalue weighted by atomic mass is 10.2. The van der Waals surface area contributed by atoms with Gasteiger partial charge in [-0.05, 0) is 12.1 Å². The van der Waals surface area contributed by atoms with Crippen molar-refractivity contribution in [1.29, 1.82) is 0 Å². The molecule has 9 heteroatoms. The first-order chi connectivity index (χ1) is 9.91. The summed E-state index contributed by atoms with van der Waals surface area (Å²) in [5.74, 6) is -0.785. The number of halogens is 3. The topological polar surface area (TPSA) is 74.3 Å². The van der Waals surface area contributed by atoms with Crippen LogP contribution in [0.3, 0.4) is 0 Å². The van der Waals surface area contributed by atoms with E-state index in [0.717, 1.165) is 12.1 Å². The Kier molecular flexibility index (Phi) is 4.41. The number of carbonyl (C=O) groups excluding carboxylic acids is 2. The molecule has 114 valence electrons. The zero-order valence-corrected chi connectivity index (χ0v) is 10.9. The predicted octanol–water partition coefficient (Wildman–Crippen LogP) is 0.469. The van der Waals surface area contributed by atoms with Crippen molar-refractivity contribution in [3.8, 4) is 0 Å². The molecule has 1 aromatic heterocycles. The van der Waals surface area contributed by atoms with Gasteiger partial charge in [0.05, 0.1) is 0 Å². The highest BCUT2D eigenvalue weighted by molar-refractivity contribution is 5.95. The normalized spacial score (nSPS) is 19.2. The molecule has 1 unspecified atom stereocenters. The van der Waals surface area contributed by atoms with Crippen LogP contribution in [0.1, 0.15) is 5.69 Å². The van der Waals surface area contributed by atoms with E-state index >= 15 is 0 Å². The molecule has 0 spiro atoms. The second-order valence-corrected chi connectivity index (χ2v) is 4.46. The fraction of sp³-hybridized carbons (Fsp3) is 0.417. The van der Waals surface area contributed by atoms with E-state index in [1.54, 1.807) is 0 Å². The lowest BCUT2D eigenvalue weighted by Gasteiger charge is -2.31. The summed E-state index contributed by atoms with van der Waals surface area (Å²) in [6.45, 7) is 1.16. The zero-order chi connectivity index (χ0) is 15.5. The van der Waals surface area contributed by atoms with Crippen LogP contribution in [-0.4, -0.2) is 47.9 Å². The zero-order valence-electron chi connectivity index (χ0n) is 10.9. The Morgan fingerprint density at radius 2 is 2.24 bits per heavy atom. The van der Waals surface area contributed by atoms with E-state index in [1.165, 1.54) is 11.0 Å². The van der Waals surface area contributed by atoms with Gasteiger partial charge in [-0.3, -0.25) is 9.59 Å². The summed E-state index contributed by atoms with van der Waals surface area (Å²) in [4.78, 5) is 27.5. The highest BCUT2D eigenvalue weighted by Crippen LogP contribution is 2.28. The van der Waals surface area contributed by atoms with Crippen LogP contribution < -0.4 is 10.6 Å². The van der Waals surface area contributed by atoms with E-state index in [4.69, 9.17) is 0 Å². The fourth-order valence-corrected chi connectivity index (χ4v) is 1.96. The third kappa shape index (κ3) is 3.69. The fourth-order valence-electron chi connectivity index (χ4n) is 1.96. The van der Waals surface area contributed by atoms with E-state index in [-0.39, 0.29) is 12.4 Å². The number of anilines is 1. The molecule has 0 aromatic carbocycles. The molecule has 0 radical (unpaired) electrons. The first kappa shape index (κ1) is 15.2. The number of nitrogens with one attached hydrogen (secondary N) is 2. The number of nitrogens with zero attached hydrogens (tertiary/aromatic N) is 2. The van der Waals surface area contributed by atoms with E-state index in [1.807, 2.05) is 0 Å². The lowest BCUT2D eigenvalue weighted by Crippen LogP contribution is -2.55. The van der Waals surface area contributed by atoms with Gasteiger partial charge in [0, 0.05) is 19.6 Å². The highest BCUT2D eigenvalue weighted by atomic mass is 19.4. The van der Waals surface area contributed by atoms with Crippen molar-refractivity contribution in [1.82, 2.24) is 15.2 Å². The van der Waals surface area contributed by atoms with Gasteiger partial charge >= 0.3 is 6.18 Å². The monoisotopic (exact) mass is 302 g/mol. The average molecular weight is 302 g/mol. The molecule has 6 nitrogen and oxygen atoms in total. The molecule has 1 saturated heterocycles. The van der Waals surface area contributed by atoms with Gasteiger partial charge in [-0.25, -0.2) is 4.98 Å². The number of piperazine rings is 1. The maximum absolute atomic E-state index is 12.5. The molecule has 1 aromatic rings. The summed E-state index contributed by atoms with van der Waals surface area (Å²) in [6.07, 6.45) is -4.04. The van der Waals surface area contributed by atoms with Crippen LogP contribution in [0, 0.1) is 0 Å². The Morgan fingerprint density at radius 1 is 1.48 bits per heavy atom. The molecule has 0 bridgehead atoms. The van der Waals surface area contributed by atoms with Crippen LogP contribution in [-0.2, 0) is 15.8 Å². The molecule has 21 heavy (non-hydrogen) atoms. The molecule has 2 heterocycles. The van der Waals surface area contributed by atoms with Crippen molar-refractivity contribution >= 4 is 18.1 Å². The Morgan fingerprint density at radius 3 is 2.90 bits per heavy atom. The van der Waals surface area contributed by atoms with Crippen molar-refractivity contribution in [2.75, 3.05) is 25.0 Å². The third-order valence-corrected chi connectivity index (χ3v) is 3.01. The van der Waals surface area contributed by atoms with Gasteiger partial charge in [-0.15, -0.1) is 0 Å². The van der Waals surface area contributed by atoms with E-state index in [9.17, 15) is 22.8 Å². The first-order valence-electron chi connectivity index (χ1n) is 6.18. The summed E-state index contributed by atoms with van der Waals surface area (Å²) in [5, 5.41) is 5.24. The van der Waals surface area contributed by atoms with E-state index in [2.05, 4.69) is 15.6 Å². The van der Waals surface area contributed by atoms with Gasteiger partial charge in [-0.1, -0.05) is 6.07 Å². The Hall–Kier alpha value is -2.16. The van der Waals surface area contributed by atoms with E-state index in [0.29, 0.717) is 19.5 Å². The molecular formula is C12H13F3N4O2. The minimum absolute atomic E-state index is 0.203. The molecule has 1 aliphatic rings. The molecular weight excluding hydrogens is 289 g/mol. The summed E-state index contributed by atoms with van der Waals surface area (Å²) >= 11 is 0. The summed E-state index contributed by atoms with van der Waals surface area (Å²) in [5.41, 5.74) is -1.09. The first-order valence-corrected chi connectivity index (χ1v) is 6.18. The lowest BCUT2D eigenvalue weighted by molar-refractivity contribution is -0.141. The summed E-state index contributed by atoms with van der Waals surface area (Å²) in [6, 6.07) is 2.46.